The fraction of sp³-hybridized carbons (Fsp3) is 0.619. The van der Waals surface area contributed by atoms with E-state index < -0.39 is 12.1 Å². The van der Waals surface area contributed by atoms with Gasteiger partial charge in [0.25, 0.3) is 0 Å². The highest BCUT2D eigenvalue weighted by Gasteiger charge is 2.28. The summed E-state index contributed by atoms with van der Waals surface area (Å²) < 4.78 is 0. The first-order chi connectivity index (χ1) is 13.6. The van der Waals surface area contributed by atoms with Crippen LogP contribution < -0.4 is 16.0 Å². The van der Waals surface area contributed by atoms with E-state index in [1.54, 1.807) is 11.8 Å². The highest BCUT2D eigenvalue weighted by Crippen LogP contribution is 2.27. The van der Waals surface area contributed by atoms with E-state index >= 15 is 0 Å². The fourth-order valence-electron chi connectivity index (χ4n) is 4.10. The summed E-state index contributed by atoms with van der Waals surface area (Å²) in [5, 5.41) is 2.67. The van der Waals surface area contributed by atoms with Gasteiger partial charge < -0.3 is 20.9 Å². The zero-order valence-corrected chi connectivity index (χ0v) is 17.3. The summed E-state index contributed by atoms with van der Waals surface area (Å²) in [6.07, 6.45) is 6.56. The third kappa shape index (κ3) is 6.06. The van der Waals surface area contributed by atoms with Crippen molar-refractivity contribution in [2.45, 2.75) is 38.1 Å². The van der Waals surface area contributed by atoms with Crippen molar-refractivity contribution in [1.29, 1.82) is 0 Å². The molecule has 3 N–H and O–H groups in total. The Morgan fingerprint density at radius 1 is 1.07 bits per heavy atom. The summed E-state index contributed by atoms with van der Waals surface area (Å²) >= 11 is 1.77. The maximum atomic E-state index is 13.0. The van der Waals surface area contributed by atoms with Gasteiger partial charge in [-0.2, -0.15) is 11.8 Å². The van der Waals surface area contributed by atoms with Crippen LogP contribution in [-0.4, -0.2) is 60.6 Å². The van der Waals surface area contributed by atoms with E-state index in [1.807, 2.05) is 23.1 Å². The summed E-state index contributed by atoms with van der Waals surface area (Å²) in [5.74, 6) is 2.39. The molecule has 0 bridgehead atoms. The van der Waals surface area contributed by atoms with Crippen molar-refractivity contribution in [2.75, 3.05) is 42.6 Å². The number of carbonyl (C=O) groups is 2. The lowest BCUT2D eigenvalue weighted by Gasteiger charge is -2.37. The Morgan fingerprint density at radius 2 is 1.75 bits per heavy atom. The molecular formula is C21H32N4O2S. The molecule has 1 heterocycles. The lowest BCUT2D eigenvalue weighted by molar-refractivity contribution is -0.132. The van der Waals surface area contributed by atoms with Crippen LogP contribution in [0.3, 0.4) is 0 Å². The average Bonchev–Trinajstić information content (AvgIpc) is 2.74. The van der Waals surface area contributed by atoms with E-state index in [4.69, 9.17) is 5.73 Å². The lowest BCUT2D eigenvalue weighted by atomic mass is 9.91. The predicted molar refractivity (Wildman–Crippen MR) is 116 cm³/mol. The Kier molecular flexibility index (Phi) is 7.89. The monoisotopic (exact) mass is 404 g/mol. The van der Waals surface area contributed by atoms with Gasteiger partial charge in [0.15, 0.2) is 0 Å². The van der Waals surface area contributed by atoms with Crippen molar-refractivity contribution in [3.8, 4) is 0 Å². The number of thioether (sulfide) groups is 1. The second-order valence-electron chi connectivity index (χ2n) is 7.75. The van der Waals surface area contributed by atoms with Crippen LogP contribution >= 0.6 is 11.8 Å². The molecule has 1 aliphatic carbocycles. The van der Waals surface area contributed by atoms with Gasteiger partial charge in [-0.25, -0.2) is 4.79 Å². The molecule has 1 saturated heterocycles. The van der Waals surface area contributed by atoms with Crippen LogP contribution in [0.5, 0.6) is 0 Å². The van der Waals surface area contributed by atoms with Crippen LogP contribution in [0, 0.1) is 5.92 Å². The minimum Gasteiger partial charge on any atom is -0.368 e. The second-order valence-corrected chi connectivity index (χ2v) is 8.83. The maximum Gasteiger partial charge on any atom is 0.312 e. The molecule has 3 rings (SSSR count). The number of urea groups is 1. The van der Waals surface area contributed by atoms with Crippen LogP contribution in [0.15, 0.2) is 30.3 Å². The Hall–Kier alpha value is -1.89. The minimum absolute atomic E-state index is 0.0114. The molecule has 1 aromatic carbocycles. The molecular weight excluding hydrogens is 372 g/mol. The van der Waals surface area contributed by atoms with Crippen LogP contribution in [0.4, 0.5) is 10.5 Å². The Labute approximate surface area is 172 Å². The number of hydrogen-bond acceptors (Lipinski definition) is 4. The molecule has 7 heteroatoms. The van der Waals surface area contributed by atoms with Crippen molar-refractivity contribution in [1.82, 2.24) is 10.2 Å². The highest BCUT2D eigenvalue weighted by atomic mass is 32.2. The van der Waals surface area contributed by atoms with Gasteiger partial charge >= 0.3 is 6.03 Å². The molecule has 0 radical (unpaired) electrons. The third-order valence-electron chi connectivity index (χ3n) is 5.69. The quantitative estimate of drug-likeness (QED) is 0.732. The molecule has 6 nitrogen and oxygen atoms in total. The average molecular weight is 405 g/mol. The topological polar surface area (TPSA) is 78.7 Å². The van der Waals surface area contributed by atoms with Gasteiger partial charge in [-0.1, -0.05) is 37.5 Å². The van der Waals surface area contributed by atoms with Gasteiger partial charge in [0.05, 0.1) is 0 Å². The fourth-order valence-corrected chi connectivity index (χ4v) is 5.36. The molecule has 1 aromatic rings. The number of amides is 3. The van der Waals surface area contributed by atoms with E-state index in [0.29, 0.717) is 18.8 Å². The summed E-state index contributed by atoms with van der Waals surface area (Å²) in [4.78, 5) is 28.6. The first kappa shape index (κ1) is 20.8. The number of piperazine rings is 1. The number of benzene rings is 1. The number of nitrogens with two attached hydrogens (primary N) is 1. The van der Waals surface area contributed by atoms with Crippen molar-refractivity contribution in [3.05, 3.63) is 30.3 Å². The number of rotatable bonds is 7. The standard InChI is InChI=1S/C21H32N4O2S/c22-21(27)23-19(16-28-15-17-7-3-1-4-8-17)20(26)25-13-11-24(12-14-25)18-9-5-2-6-10-18/h2,5-6,9-10,17,19H,1,3-4,7-8,11-16H2,(H3,22,23,27)/t19-/m0/s1. The zero-order valence-electron chi connectivity index (χ0n) is 16.5. The first-order valence-electron chi connectivity index (χ1n) is 10.4. The summed E-state index contributed by atoms with van der Waals surface area (Å²) in [6.45, 7) is 2.93. The highest BCUT2D eigenvalue weighted by molar-refractivity contribution is 7.99. The van der Waals surface area contributed by atoms with Gasteiger partial charge in [-0.15, -0.1) is 0 Å². The lowest BCUT2D eigenvalue weighted by Crippen LogP contribution is -2.56. The Bertz CT molecular complexity index is 629. The molecule has 1 atom stereocenters. The van der Waals surface area contributed by atoms with Gasteiger partial charge in [0.1, 0.15) is 6.04 Å². The Morgan fingerprint density at radius 3 is 2.39 bits per heavy atom. The molecule has 0 spiro atoms. The van der Waals surface area contributed by atoms with Gasteiger partial charge in [0, 0.05) is 37.6 Å². The third-order valence-corrected chi connectivity index (χ3v) is 6.97. The molecule has 3 amide bonds. The number of para-hydroxylation sites is 1. The maximum absolute atomic E-state index is 13.0. The van der Waals surface area contributed by atoms with Gasteiger partial charge in [0.2, 0.25) is 5.91 Å². The van der Waals surface area contributed by atoms with Crippen molar-refractivity contribution in [2.24, 2.45) is 11.7 Å². The molecule has 2 aliphatic rings. The van der Waals surface area contributed by atoms with Gasteiger partial charge in [-0.05, 0) is 36.6 Å². The second kappa shape index (κ2) is 10.6. The smallest absolute Gasteiger partial charge is 0.312 e. The van der Waals surface area contributed by atoms with Crippen molar-refractivity contribution >= 4 is 29.4 Å². The summed E-state index contributed by atoms with van der Waals surface area (Å²) in [5.41, 5.74) is 6.52. The van der Waals surface area contributed by atoms with Crippen LogP contribution in [-0.2, 0) is 4.79 Å². The predicted octanol–water partition coefficient (Wildman–Crippen LogP) is 2.69. The first-order valence-corrected chi connectivity index (χ1v) is 11.5. The zero-order chi connectivity index (χ0) is 19.8. The largest absolute Gasteiger partial charge is 0.368 e. The van der Waals surface area contributed by atoms with E-state index in [1.165, 1.54) is 37.8 Å². The van der Waals surface area contributed by atoms with Crippen LogP contribution in [0.2, 0.25) is 0 Å². The number of anilines is 1. The van der Waals surface area contributed by atoms with E-state index in [-0.39, 0.29) is 5.91 Å². The SMILES string of the molecule is NC(=O)N[C@@H](CSCC1CCCCC1)C(=O)N1CCN(c2ccccc2)CC1. The summed E-state index contributed by atoms with van der Waals surface area (Å²) in [7, 11) is 0. The van der Waals surface area contributed by atoms with Crippen molar-refractivity contribution in [3.63, 3.8) is 0 Å². The van der Waals surface area contributed by atoms with Crippen LogP contribution in [0.1, 0.15) is 32.1 Å². The number of nitrogens with zero attached hydrogens (tertiary/aromatic N) is 2. The van der Waals surface area contributed by atoms with Crippen LogP contribution in [0.25, 0.3) is 0 Å². The number of carbonyl (C=O) groups excluding carboxylic acids is 2. The van der Waals surface area contributed by atoms with Crippen molar-refractivity contribution < 1.29 is 9.59 Å². The number of nitrogens with one attached hydrogen (secondary N) is 1. The number of hydrogen-bond donors (Lipinski definition) is 2. The van der Waals surface area contributed by atoms with E-state index in [9.17, 15) is 9.59 Å². The molecule has 154 valence electrons. The van der Waals surface area contributed by atoms with E-state index in [0.717, 1.165) is 24.8 Å². The van der Waals surface area contributed by atoms with Gasteiger partial charge in [-0.3, -0.25) is 4.79 Å². The molecule has 2 fully saturated rings. The number of primary amides is 1. The normalized spacial score (nSPS) is 19.3. The summed E-state index contributed by atoms with van der Waals surface area (Å²) in [6, 6.07) is 9.10. The molecule has 1 aliphatic heterocycles. The molecule has 0 unspecified atom stereocenters. The minimum atomic E-state index is -0.625. The Balaban J connectivity index is 1.49. The van der Waals surface area contributed by atoms with E-state index in [2.05, 4.69) is 22.3 Å². The molecule has 1 saturated carbocycles. The molecule has 0 aromatic heterocycles. The molecule has 28 heavy (non-hydrogen) atoms.